The van der Waals surface area contributed by atoms with Crippen molar-refractivity contribution in [2.75, 3.05) is 32.7 Å². The first-order valence-corrected chi connectivity index (χ1v) is 9.39. The second-order valence-corrected chi connectivity index (χ2v) is 6.58. The minimum absolute atomic E-state index is 0.215. The predicted molar refractivity (Wildman–Crippen MR) is 99.2 cm³/mol. The summed E-state index contributed by atoms with van der Waals surface area (Å²) in [5.41, 5.74) is -0.0869. The lowest BCUT2D eigenvalue weighted by atomic mass is 10.1. The summed E-state index contributed by atoms with van der Waals surface area (Å²) in [6.45, 7) is 7.27. The number of rotatable bonds is 8. The van der Waals surface area contributed by atoms with Crippen molar-refractivity contribution >= 4 is 5.96 Å². The van der Waals surface area contributed by atoms with Gasteiger partial charge in [0, 0.05) is 13.1 Å². The first-order chi connectivity index (χ1) is 12.5. The average Bonchev–Trinajstić information content (AvgIpc) is 3.12. The SMILES string of the molecule is CCNC(=NCc1cccc(C(F)(F)F)c1)NCCCCN1CCCC1. The zero-order valence-corrected chi connectivity index (χ0v) is 15.4. The number of unbranched alkanes of at least 4 members (excludes halogenated alkanes) is 1. The molecule has 26 heavy (non-hydrogen) atoms. The van der Waals surface area contributed by atoms with Gasteiger partial charge in [-0.25, -0.2) is 4.99 Å². The summed E-state index contributed by atoms with van der Waals surface area (Å²) >= 11 is 0. The molecule has 1 heterocycles. The molecule has 1 aromatic rings. The number of hydrogen-bond donors (Lipinski definition) is 2. The Hall–Kier alpha value is -1.76. The third-order valence-corrected chi connectivity index (χ3v) is 4.41. The van der Waals surface area contributed by atoms with Crippen LogP contribution in [0, 0.1) is 0 Å². The topological polar surface area (TPSA) is 39.7 Å². The van der Waals surface area contributed by atoms with Crippen molar-refractivity contribution in [3.63, 3.8) is 0 Å². The van der Waals surface area contributed by atoms with Crippen molar-refractivity contribution in [2.24, 2.45) is 4.99 Å². The van der Waals surface area contributed by atoms with Crippen LogP contribution in [0.3, 0.4) is 0 Å². The molecular weight excluding hydrogens is 341 g/mol. The molecule has 0 saturated carbocycles. The maximum absolute atomic E-state index is 12.8. The highest BCUT2D eigenvalue weighted by molar-refractivity contribution is 5.79. The van der Waals surface area contributed by atoms with Crippen molar-refractivity contribution < 1.29 is 13.2 Å². The molecule has 1 fully saturated rings. The fraction of sp³-hybridized carbons (Fsp3) is 0.632. The summed E-state index contributed by atoms with van der Waals surface area (Å²) < 4.78 is 38.3. The van der Waals surface area contributed by atoms with Gasteiger partial charge >= 0.3 is 6.18 Å². The maximum Gasteiger partial charge on any atom is 0.416 e. The highest BCUT2D eigenvalue weighted by Gasteiger charge is 2.30. The van der Waals surface area contributed by atoms with Crippen molar-refractivity contribution in [3.8, 4) is 0 Å². The van der Waals surface area contributed by atoms with E-state index in [1.807, 2.05) is 6.92 Å². The van der Waals surface area contributed by atoms with Gasteiger partial charge in [0.05, 0.1) is 12.1 Å². The van der Waals surface area contributed by atoms with Gasteiger partial charge in [-0.3, -0.25) is 0 Å². The second-order valence-electron chi connectivity index (χ2n) is 6.58. The normalized spacial score (nSPS) is 16.1. The molecule has 0 bridgehead atoms. The summed E-state index contributed by atoms with van der Waals surface area (Å²) in [5, 5.41) is 6.40. The van der Waals surface area contributed by atoms with Crippen molar-refractivity contribution in [1.82, 2.24) is 15.5 Å². The number of hydrogen-bond acceptors (Lipinski definition) is 2. The van der Waals surface area contributed by atoms with Gasteiger partial charge in [-0.05, 0) is 69.9 Å². The van der Waals surface area contributed by atoms with Gasteiger partial charge < -0.3 is 15.5 Å². The van der Waals surface area contributed by atoms with Crippen LogP contribution in [0.4, 0.5) is 13.2 Å². The van der Waals surface area contributed by atoms with Gasteiger partial charge in [0.25, 0.3) is 0 Å². The molecule has 0 aromatic heterocycles. The number of benzene rings is 1. The molecule has 0 amide bonds. The van der Waals surface area contributed by atoms with E-state index in [9.17, 15) is 13.2 Å². The quantitative estimate of drug-likeness (QED) is 0.417. The van der Waals surface area contributed by atoms with Gasteiger partial charge in [0.15, 0.2) is 5.96 Å². The van der Waals surface area contributed by atoms with Crippen LogP contribution in [-0.4, -0.2) is 43.6 Å². The van der Waals surface area contributed by atoms with Gasteiger partial charge in [0.2, 0.25) is 0 Å². The molecule has 0 aliphatic carbocycles. The molecule has 2 rings (SSSR count). The van der Waals surface area contributed by atoms with Crippen LogP contribution in [0.25, 0.3) is 0 Å². The number of alkyl halides is 3. The molecule has 146 valence electrons. The Balaban J connectivity index is 1.78. The highest BCUT2D eigenvalue weighted by Crippen LogP contribution is 2.29. The van der Waals surface area contributed by atoms with E-state index in [0.29, 0.717) is 18.1 Å². The Labute approximate surface area is 153 Å². The number of likely N-dealkylation sites (tertiary alicyclic amines) is 1. The molecule has 0 unspecified atom stereocenters. The zero-order valence-electron chi connectivity index (χ0n) is 15.4. The third-order valence-electron chi connectivity index (χ3n) is 4.41. The Morgan fingerprint density at radius 3 is 2.62 bits per heavy atom. The number of nitrogens with one attached hydrogen (secondary N) is 2. The van der Waals surface area contributed by atoms with Gasteiger partial charge in [-0.15, -0.1) is 0 Å². The third kappa shape index (κ3) is 7.23. The van der Waals surface area contributed by atoms with Crippen LogP contribution in [0.15, 0.2) is 29.3 Å². The van der Waals surface area contributed by atoms with Gasteiger partial charge in [0.1, 0.15) is 0 Å². The van der Waals surface area contributed by atoms with Crippen LogP contribution in [0.5, 0.6) is 0 Å². The first kappa shape index (κ1) is 20.6. The molecule has 1 aromatic carbocycles. The zero-order chi connectivity index (χ0) is 18.8. The molecule has 4 nitrogen and oxygen atoms in total. The van der Waals surface area contributed by atoms with E-state index in [1.165, 1.54) is 32.0 Å². The molecule has 1 aliphatic heterocycles. The minimum atomic E-state index is -4.32. The number of halogens is 3. The van der Waals surface area contributed by atoms with Crippen LogP contribution in [0.1, 0.15) is 43.7 Å². The van der Waals surface area contributed by atoms with Gasteiger partial charge in [-0.2, -0.15) is 13.2 Å². The van der Waals surface area contributed by atoms with Crippen molar-refractivity contribution in [3.05, 3.63) is 35.4 Å². The Morgan fingerprint density at radius 1 is 1.15 bits per heavy atom. The lowest BCUT2D eigenvalue weighted by Gasteiger charge is -2.15. The monoisotopic (exact) mass is 370 g/mol. The lowest BCUT2D eigenvalue weighted by molar-refractivity contribution is -0.137. The molecule has 0 radical (unpaired) electrons. The van der Waals surface area contributed by atoms with Crippen LogP contribution < -0.4 is 10.6 Å². The van der Waals surface area contributed by atoms with E-state index in [0.717, 1.165) is 38.1 Å². The van der Waals surface area contributed by atoms with Crippen LogP contribution >= 0.6 is 0 Å². The van der Waals surface area contributed by atoms with E-state index in [-0.39, 0.29) is 6.54 Å². The molecule has 7 heteroatoms. The number of aliphatic imine (C=N–C) groups is 1. The number of nitrogens with zero attached hydrogens (tertiary/aromatic N) is 2. The Kier molecular flexibility index (Phi) is 8.22. The molecule has 2 N–H and O–H groups in total. The van der Waals surface area contributed by atoms with E-state index >= 15 is 0 Å². The molecular formula is C19H29F3N4. The fourth-order valence-corrected chi connectivity index (χ4v) is 3.03. The van der Waals surface area contributed by atoms with Crippen molar-refractivity contribution in [2.45, 2.75) is 45.3 Å². The van der Waals surface area contributed by atoms with E-state index in [2.05, 4.69) is 20.5 Å². The highest BCUT2D eigenvalue weighted by atomic mass is 19.4. The molecule has 0 spiro atoms. The smallest absolute Gasteiger partial charge is 0.357 e. The molecule has 1 aliphatic rings. The summed E-state index contributed by atoms with van der Waals surface area (Å²) in [6, 6.07) is 5.32. The van der Waals surface area contributed by atoms with E-state index in [4.69, 9.17) is 0 Å². The lowest BCUT2D eigenvalue weighted by Crippen LogP contribution is -2.38. The number of guanidine groups is 1. The summed E-state index contributed by atoms with van der Waals surface area (Å²) in [5.74, 6) is 0.645. The Morgan fingerprint density at radius 2 is 1.92 bits per heavy atom. The van der Waals surface area contributed by atoms with Crippen LogP contribution in [-0.2, 0) is 12.7 Å². The second kappa shape index (κ2) is 10.4. The average molecular weight is 370 g/mol. The maximum atomic E-state index is 12.8. The van der Waals surface area contributed by atoms with E-state index < -0.39 is 11.7 Å². The summed E-state index contributed by atoms with van der Waals surface area (Å²) in [7, 11) is 0. The fourth-order valence-electron chi connectivity index (χ4n) is 3.03. The minimum Gasteiger partial charge on any atom is -0.357 e. The molecule has 1 saturated heterocycles. The first-order valence-electron chi connectivity index (χ1n) is 9.39. The summed E-state index contributed by atoms with van der Waals surface area (Å²) in [4.78, 5) is 6.89. The standard InChI is InChI=1S/C19H29F3N4/c1-2-23-18(24-10-3-4-11-26-12-5-6-13-26)25-15-16-8-7-9-17(14-16)19(20,21)22/h7-9,14H,2-6,10-13,15H2,1H3,(H2,23,24,25). The van der Waals surface area contributed by atoms with Gasteiger partial charge in [-0.1, -0.05) is 12.1 Å². The van der Waals surface area contributed by atoms with E-state index in [1.54, 1.807) is 6.07 Å². The van der Waals surface area contributed by atoms with Crippen LogP contribution in [0.2, 0.25) is 0 Å². The predicted octanol–water partition coefficient (Wildman–Crippen LogP) is 3.64. The molecule has 0 atom stereocenters. The Bertz CT molecular complexity index is 566. The largest absolute Gasteiger partial charge is 0.416 e. The summed E-state index contributed by atoms with van der Waals surface area (Å²) in [6.07, 6.45) is 0.484. The van der Waals surface area contributed by atoms with Crippen molar-refractivity contribution in [1.29, 1.82) is 0 Å².